The van der Waals surface area contributed by atoms with Crippen LogP contribution < -0.4 is 0 Å². The zero-order chi connectivity index (χ0) is 14.9. The van der Waals surface area contributed by atoms with E-state index in [1.165, 1.54) is 6.08 Å². The predicted molar refractivity (Wildman–Crippen MR) is 65.4 cm³/mol. The van der Waals surface area contributed by atoms with Gasteiger partial charge < -0.3 is 9.80 Å². The Morgan fingerprint density at radius 2 is 1.80 bits per heavy atom. The minimum atomic E-state index is -4.90. The molecule has 0 saturated carbocycles. The Morgan fingerprint density at radius 3 is 2.30 bits per heavy atom. The molecule has 0 aliphatic carbocycles. The monoisotopic (exact) mass is 290 g/mol. The van der Waals surface area contributed by atoms with Gasteiger partial charge in [-0.1, -0.05) is 6.08 Å². The number of alkyl halides is 3. The number of amides is 2. The minimum absolute atomic E-state index is 0.0533. The fourth-order valence-corrected chi connectivity index (χ4v) is 2.86. The van der Waals surface area contributed by atoms with Gasteiger partial charge in [0.15, 0.2) is 0 Å². The molecule has 0 aromatic heterocycles. The fourth-order valence-electron chi connectivity index (χ4n) is 2.86. The van der Waals surface area contributed by atoms with Crippen molar-refractivity contribution in [1.82, 2.24) is 9.80 Å². The van der Waals surface area contributed by atoms with Crippen molar-refractivity contribution in [2.45, 2.75) is 32.4 Å². The highest BCUT2D eigenvalue weighted by Crippen LogP contribution is 2.34. The van der Waals surface area contributed by atoms with Gasteiger partial charge in [-0.25, -0.2) is 0 Å². The van der Waals surface area contributed by atoms with Crippen molar-refractivity contribution in [2.24, 2.45) is 5.92 Å². The summed E-state index contributed by atoms with van der Waals surface area (Å²) in [5, 5.41) is 0. The molecule has 2 aliphatic heterocycles. The second kappa shape index (κ2) is 5.46. The van der Waals surface area contributed by atoms with Crippen molar-refractivity contribution in [3.8, 4) is 0 Å². The molecule has 2 rings (SSSR count). The molecule has 0 bridgehead atoms. The molecule has 0 aromatic carbocycles. The summed E-state index contributed by atoms with van der Waals surface area (Å²) < 4.78 is 37.6. The maximum atomic E-state index is 12.5. The maximum Gasteiger partial charge on any atom is 0.471 e. The van der Waals surface area contributed by atoms with Crippen LogP contribution in [0.3, 0.4) is 0 Å². The van der Waals surface area contributed by atoms with Crippen molar-refractivity contribution >= 4 is 11.8 Å². The lowest BCUT2D eigenvalue weighted by molar-refractivity contribution is -0.182. The summed E-state index contributed by atoms with van der Waals surface area (Å²) in [5.41, 5.74) is 0.184. The molecule has 2 fully saturated rings. The number of hydrogen-bond acceptors (Lipinski definition) is 2. The zero-order valence-corrected chi connectivity index (χ0v) is 11.2. The van der Waals surface area contributed by atoms with Gasteiger partial charge in [0.1, 0.15) is 0 Å². The molecule has 2 heterocycles. The lowest BCUT2D eigenvalue weighted by atomic mass is 10.0. The summed E-state index contributed by atoms with van der Waals surface area (Å²) in [5.74, 6) is -2.67. The maximum absolute atomic E-state index is 12.5. The van der Waals surface area contributed by atoms with E-state index in [9.17, 15) is 22.8 Å². The van der Waals surface area contributed by atoms with Gasteiger partial charge in [-0.3, -0.25) is 9.59 Å². The van der Waals surface area contributed by atoms with Gasteiger partial charge in [-0.05, 0) is 26.2 Å². The lowest BCUT2D eigenvalue weighted by Crippen LogP contribution is -2.40. The van der Waals surface area contributed by atoms with E-state index in [4.69, 9.17) is 0 Å². The molecule has 0 N–H and O–H groups in total. The SMILES string of the molecule is CC=C1C(C(=O)N2CCCC2)CCN1C(=O)C(F)(F)F. The highest BCUT2D eigenvalue weighted by atomic mass is 19.4. The average Bonchev–Trinajstić information content (AvgIpc) is 3.04. The van der Waals surface area contributed by atoms with Crippen molar-refractivity contribution in [2.75, 3.05) is 19.6 Å². The van der Waals surface area contributed by atoms with Gasteiger partial charge in [0.2, 0.25) is 5.91 Å². The van der Waals surface area contributed by atoms with Gasteiger partial charge in [0, 0.05) is 25.3 Å². The third kappa shape index (κ3) is 2.66. The van der Waals surface area contributed by atoms with E-state index >= 15 is 0 Å². The van der Waals surface area contributed by atoms with Crippen LogP contribution in [0.5, 0.6) is 0 Å². The third-order valence-electron chi connectivity index (χ3n) is 3.81. The van der Waals surface area contributed by atoms with Crippen LogP contribution >= 0.6 is 0 Å². The van der Waals surface area contributed by atoms with E-state index in [-0.39, 0.29) is 24.6 Å². The molecule has 2 amide bonds. The Labute approximate surface area is 115 Å². The van der Waals surface area contributed by atoms with Gasteiger partial charge in [-0.15, -0.1) is 0 Å². The second-order valence-electron chi connectivity index (χ2n) is 5.04. The molecule has 20 heavy (non-hydrogen) atoms. The van der Waals surface area contributed by atoms with Gasteiger partial charge in [-0.2, -0.15) is 13.2 Å². The third-order valence-corrected chi connectivity index (χ3v) is 3.81. The van der Waals surface area contributed by atoms with Crippen LogP contribution in [0.15, 0.2) is 11.8 Å². The van der Waals surface area contributed by atoms with E-state index in [0.717, 1.165) is 12.8 Å². The van der Waals surface area contributed by atoms with E-state index in [0.29, 0.717) is 18.0 Å². The van der Waals surface area contributed by atoms with Gasteiger partial charge in [0.05, 0.1) is 5.92 Å². The van der Waals surface area contributed by atoms with Crippen molar-refractivity contribution < 1.29 is 22.8 Å². The van der Waals surface area contributed by atoms with Gasteiger partial charge in [0.25, 0.3) is 0 Å². The summed E-state index contributed by atoms with van der Waals surface area (Å²) in [6.07, 6.45) is -1.35. The van der Waals surface area contributed by atoms with Crippen LogP contribution in [0.4, 0.5) is 13.2 Å². The van der Waals surface area contributed by atoms with Crippen LogP contribution in [-0.2, 0) is 9.59 Å². The van der Waals surface area contributed by atoms with Crippen LogP contribution in [0.1, 0.15) is 26.2 Å². The van der Waals surface area contributed by atoms with Gasteiger partial charge >= 0.3 is 12.1 Å². The Kier molecular flexibility index (Phi) is 4.06. The van der Waals surface area contributed by atoms with Crippen LogP contribution in [0.2, 0.25) is 0 Å². The quantitative estimate of drug-likeness (QED) is 0.740. The molecule has 112 valence electrons. The molecule has 1 atom stereocenters. The first-order valence-electron chi connectivity index (χ1n) is 6.70. The van der Waals surface area contributed by atoms with Crippen LogP contribution in [0.25, 0.3) is 0 Å². The van der Waals surface area contributed by atoms with E-state index in [2.05, 4.69) is 0 Å². The molecule has 4 nitrogen and oxygen atoms in total. The second-order valence-corrected chi connectivity index (χ2v) is 5.04. The van der Waals surface area contributed by atoms with Crippen LogP contribution in [-0.4, -0.2) is 47.4 Å². The number of rotatable bonds is 1. The normalized spacial score (nSPS) is 25.6. The average molecular weight is 290 g/mol. The Bertz CT molecular complexity index is 439. The Hall–Kier alpha value is -1.53. The molecule has 1 unspecified atom stereocenters. The molecule has 0 aromatic rings. The van der Waals surface area contributed by atoms with E-state index in [1.807, 2.05) is 0 Å². The van der Waals surface area contributed by atoms with Crippen LogP contribution in [0, 0.1) is 5.92 Å². The molecule has 0 spiro atoms. The number of allylic oxidation sites excluding steroid dienone is 1. The number of hydrogen-bond donors (Lipinski definition) is 0. The molecule has 2 saturated heterocycles. The fraction of sp³-hybridized carbons (Fsp3) is 0.692. The zero-order valence-electron chi connectivity index (χ0n) is 11.2. The van der Waals surface area contributed by atoms with Crippen molar-refractivity contribution in [3.05, 3.63) is 11.8 Å². The molecule has 0 radical (unpaired) electrons. The first-order valence-corrected chi connectivity index (χ1v) is 6.70. The Morgan fingerprint density at radius 1 is 1.20 bits per heavy atom. The summed E-state index contributed by atoms with van der Waals surface area (Å²) in [7, 11) is 0. The Balaban J connectivity index is 2.14. The number of carbonyl (C=O) groups excluding carboxylic acids is 2. The summed E-state index contributed by atoms with van der Waals surface area (Å²) in [4.78, 5) is 26.0. The molecular formula is C13H17F3N2O2. The summed E-state index contributed by atoms with van der Waals surface area (Å²) in [6.45, 7) is 2.81. The molecular weight excluding hydrogens is 273 g/mol. The smallest absolute Gasteiger partial charge is 0.342 e. The summed E-state index contributed by atoms with van der Waals surface area (Å²) >= 11 is 0. The lowest BCUT2D eigenvalue weighted by Gasteiger charge is -2.24. The topological polar surface area (TPSA) is 40.6 Å². The number of halogens is 3. The van der Waals surface area contributed by atoms with Crippen molar-refractivity contribution in [1.29, 1.82) is 0 Å². The minimum Gasteiger partial charge on any atom is -0.342 e. The molecule has 2 aliphatic rings. The largest absolute Gasteiger partial charge is 0.471 e. The van der Waals surface area contributed by atoms with E-state index in [1.54, 1.807) is 11.8 Å². The van der Waals surface area contributed by atoms with Crippen molar-refractivity contribution in [3.63, 3.8) is 0 Å². The highest BCUT2D eigenvalue weighted by Gasteiger charge is 2.48. The number of carbonyl (C=O) groups is 2. The number of likely N-dealkylation sites (tertiary alicyclic amines) is 2. The first kappa shape index (κ1) is 14.9. The first-order chi connectivity index (χ1) is 9.36. The summed E-state index contributed by atoms with van der Waals surface area (Å²) in [6, 6.07) is 0. The standard InChI is InChI=1S/C13H17F3N2O2/c1-2-10-9(11(19)17-6-3-4-7-17)5-8-18(10)12(20)13(14,15)16/h2,9H,3-8H2,1H3. The number of nitrogens with zero attached hydrogens (tertiary/aromatic N) is 2. The van der Waals surface area contributed by atoms with E-state index < -0.39 is 18.0 Å². The molecule has 7 heteroatoms. The highest BCUT2D eigenvalue weighted by molar-refractivity contribution is 5.88. The predicted octanol–water partition coefficient (Wildman–Crippen LogP) is 1.92.